The van der Waals surface area contributed by atoms with Gasteiger partial charge in [0, 0.05) is 22.9 Å². The maximum Gasteiger partial charge on any atom is 0.194 e. The van der Waals surface area contributed by atoms with Crippen molar-refractivity contribution in [1.29, 1.82) is 0 Å². The Hall–Kier alpha value is -4.30. The van der Waals surface area contributed by atoms with Crippen LogP contribution < -0.4 is 19.5 Å². The zero-order chi connectivity index (χ0) is 25.9. The lowest BCUT2D eigenvalue weighted by Gasteiger charge is -2.27. The summed E-state index contributed by atoms with van der Waals surface area (Å²) in [6.07, 6.45) is 0.489. The number of methoxy groups -OCH3 is 3. The van der Waals surface area contributed by atoms with E-state index in [1.807, 2.05) is 78.9 Å². The van der Waals surface area contributed by atoms with Gasteiger partial charge in [-0.2, -0.15) is 5.10 Å². The number of phenolic OH excluding ortho intramolecular Hbond substituents is 1. The van der Waals surface area contributed by atoms with E-state index in [0.717, 1.165) is 22.0 Å². The van der Waals surface area contributed by atoms with E-state index >= 15 is 0 Å². The Morgan fingerprint density at radius 1 is 0.892 bits per heavy atom. The van der Waals surface area contributed by atoms with Gasteiger partial charge >= 0.3 is 0 Å². The maximum absolute atomic E-state index is 11.2. The van der Waals surface area contributed by atoms with E-state index < -0.39 is 0 Å². The predicted octanol–water partition coefficient (Wildman–Crippen LogP) is 6.12. The normalized spacial score (nSPS) is 14.8. The molecule has 1 atom stereocenters. The van der Waals surface area contributed by atoms with Crippen molar-refractivity contribution in [2.45, 2.75) is 12.5 Å². The molecule has 0 aromatic heterocycles. The van der Waals surface area contributed by atoms with E-state index in [0.29, 0.717) is 40.1 Å². The molecule has 0 saturated carbocycles. The predicted molar refractivity (Wildman–Crippen MR) is 150 cm³/mol. The lowest BCUT2D eigenvalue weighted by Crippen LogP contribution is -2.31. The van der Waals surface area contributed by atoms with E-state index in [1.54, 1.807) is 26.3 Å². The van der Waals surface area contributed by atoms with E-state index in [9.17, 15) is 5.11 Å². The zero-order valence-corrected chi connectivity index (χ0v) is 21.6. The molecule has 0 saturated heterocycles. The number of hydrazone groups is 1. The summed E-state index contributed by atoms with van der Waals surface area (Å²) in [5.41, 5.74) is 2.96. The molecule has 0 aliphatic carbocycles. The van der Waals surface area contributed by atoms with E-state index in [4.69, 9.17) is 31.5 Å². The number of rotatable bonds is 6. The fraction of sp³-hybridized carbons (Fsp3) is 0.172. The zero-order valence-electron chi connectivity index (χ0n) is 20.8. The first kappa shape index (κ1) is 24.4. The van der Waals surface area contributed by atoms with Gasteiger partial charge in [0.25, 0.3) is 0 Å². The summed E-state index contributed by atoms with van der Waals surface area (Å²) in [6, 6.07) is 24.6. The van der Waals surface area contributed by atoms with Crippen LogP contribution in [0.25, 0.3) is 10.8 Å². The molecule has 0 bridgehead atoms. The number of thiocarbonyl (C=S) groups is 1. The lowest BCUT2D eigenvalue weighted by molar-refractivity contribution is 0.327. The number of nitrogens with zero attached hydrogens (tertiary/aromatic N) is 2. The third kappa shape index (κ3) is 4.51. The molecule has 1 unspecified atom stereocenters. The molecule has 5 rings (SSSR count). The van der Waals surface area contributed by atoms with Crippen LogP contribution in [0.2, 0.25) is 0 Å². The Morgan fingerprint density at radius 2 is 1.62 bits per heavy atom. The SMILES string of the molecule is COc1ccccc1NC(=S)N1N=C(c2ccc3ccccc3c2O)CC1c1cccc(OC)c1OC. The first-order valence-corrected chi connectivity index (χ1v) is 12.2. The van der Waals surface area contributed by atoms with Gasteiger partial charge in [-0.1, -0.05) is 54.6 Å². The highest BCUT2D eigenvalue weighted by Crippen LogP contribution is 2.43. The number of aromatic hydroxyl groups is 1. The van der Waals surface area contributed by atoms with Gasteiger partial charge in [0.05, 0.1) is 38.8 Å². The monoisotopic (exact) mass is 513 g/mol. The first-order chi connectivity index (χ1) is 18.0. The Morgan fingerprint density at radius 3 is 2.41 bits per heavy atom. The van der Waals surface area contributed by atoms with Gasteiger partial charge in [-0.25, -0.2) is 5.01 Å². The molecule has 0 spiro atoms. The first-order valence-electron chi connectivity index (χ1n) is 11.8. The molecule has 1 heterocycles. The molecule has 0 fully saturated rings. The van der Waals surface area contributed by atoms with Gasteiger partial charge in [0.1, 0.15) is 11.5 Å². The minimum Gasteiger partial charge on any atom is -0.507 e. The van der Waals surface area contributed by atoms with E-state index in [1.165, 1.54) is 0 Å². The number of phenols is 1. The molecule has 2 N–H and O–H groups in total. The number of benzene rings is 4. The molecule has 188 valence electrons. The van der Waals surface area contributed by atoms with Gasteiger partial charge in [-0.05, 0) is 41.9 Å². The number of anilines is 1. The van der Waals surface area contributed by atoms with Crippen molar-refractivity contribution < 1.29 is 19.3 Å². The lowest BCUT2D eigenvalue weighted by atomic mass is 9.95. The molecule has 0 amide bonds. The summed E-state index contributed by atoms with van der Waals surface area (Å²) < 4.78 is 16.8. The van der Waals surface area contributed by atoms with Crippen LogP contribution in [-0.2, 0) is 0 Å². The molecule has 7 nitrogen and oxygen atoms in total. The van der Waals surface area contributed by atoms with Crippen molar-refractivity contribution >= 4 is 39.5 Å². The largest absolute Gasteiger partial charge is 0.507 e. The van der Waals surface area contributed by atoms with E-state index in [-0.39, 0.29) is 11.8 Å². The third-order valence-corrected chi connectivity index (χ3v) is 6.76. The van der Waals surface area contributed by atoms with Crippen LogP contribution in [0.3, 0.4) is 0 Å². The van der Waals surface area contributed by atoms with Gasteiger partial charge in [-0.15, -0.1) is 0 Å². The molecule has 4 aromatic rings. The minimum absolute atomic E-state index is 0.193. The molecule has 8 heteroatoms. The Labute approximate surface area is 220 Å². The fourth-order valence-electron chi connectivity index (χ4n) is 4.69. The van der Waals surface area contributed by atoms with Crippen LogP contribution in [-0.4, -0.2) is 42.3 Å². The van der Waals surface area contributed by atoms with E-state index in [2.05, 4.69) is 5.32 Å². The van der Waals surface area contributed by atoms with Crippen molar-refractivity contribution in [2.75, 3.05) is 26.6 Å². The average molecular weight is 514 g/mol. The van der Waals surface area contributed by atoms with Crippen molar-refractivity contribution in [1.82, 2.24) is 5.01 Å². The highest BCUT2D eigenvalue weighted by molar-refractivity contribution is 7.80. The summed E-state index contributed by atoms with van der Waals surface area (Å²) in [7, 11) is 4.84. The van der Waals surface area contributed by atoms with Gasteiger partial charge in [0.15, 0.2) is 16.6 Å². The smallest absolute Gasteiger partial charge is 0.194 e. The standard InChI is InChI=1S/C29H27N3O4S/c1-34-25-13-7-6-12-22(25)30-29(37)32-24(21-11-8-14-26(35-2)28(21)36-3)17-23(31-32)20-16-15-18-9-4-5-10-19(18)27(20)33/h4-16,24,33H,17H2,1-3H3,(H,30,37). The molecule has 1 aliphatic rings. The second-order valence-electron chi connectivity index (χ2n) is 8.51. The number of hydrogen-bond acceptors (Lipinski definition) is 6. The Balaban J connectivity index is 1.59. The van der Waals surface area contributed by atoms with Crippen molar-refractivity contribution in [3.8, 4) is 23.0 Å². The topological polar surface area (TPSA) is 75.6 Å². The number of ether oxygens (including phenoxy) is 3. The summed E-state index contributed by atoms with van der Waals surface area (Å²) in [6.45, 7) is 0. The van der Waals surface area contributed by atoms with Crippen LogP contribution >= 0.6 is 12.2 Å². The van der Waals surface area contributed by atoms with Crippen LogP contribution in [0.5, 0.6) is 23.0 Å². The van der Waals surface area contributed by atoms with Gasteiger partial charge in [0.2, 0.25) is 0 Å². The number of fused-ring (bicyclic) bond motifs is 1. The molecular formula is C29H27N3O4S. The van der Waals surface area contributed by atoms with Crippen LogP contribution in [0.15, 0.2) is 84.0 Å². The average Bonchev–Trinajstić information content (AvgIpc) is 3.38. The second kappa shape index (κ2) is 10.4. The molecule has 0 radical (unpaired) electrons. The summed E-state index contributed by atoms with van der Waals surface area (Å²) >= 11 is 5.85. The molecule has 4 aromatic carbocycles. The highest BCUT2D eigenvalue weighted by atomic mass is 32.1. The second-order valence-corrected chi connectivity index (χ2v) is 8.89. The van der Waals surface area contributed by atoms with Crippen molar-refractivity contribution in [2.24, 2.45) is 5.10 Å². The summed E-state index contributed by atoms with van der Waals surface area (Å²) in [4.78, 5) is 0. The third-order valence-electron chi connectivity index (χ3n) is 6.47. The highest BCUT2D eigenvalue weighted by Gasteiger charge is 2.35. The van der Waals surface area contributed by atoms with Crippen LogP contribution in [0.4, 0.5) is 5.69 Å². The Kier molecular flexibility index (Phi) is 6.83. The number of hydrogen-bond donors (Lipinski definition) is 2. The summed E-state index contributed by atoms with van der Waals surface area (Å²) in [5.74, 6) is 2.08. The minimum atomic E-state index is -0.305. The maximum atomic E-state index is 11.2. The number of nitrogens with one attached hydrogen (secondary N) is 1. The quantitative estimate of drug-likeness (QED) is 0.301. The van der Waals surface area contributed by atoms with Crippen LogP contribution in [0, 0.1) is 0 Å². The number of para-hydroxylation sites is 3. The Bertz CT molecular complexity index is 1500. The molecule has 37 heavy (non-hydrogen) atoms. The van der Waals surface area contributed by atoms with Gasteiger partial charge < -0.3 is 24.6 Å². The molecular weight excluding hydrogens is 486 g/mol. The van der Waals surface area contributed by atoms with Crippen molar-refractivity contribution in [3.63, 3.8) is 0 Å². The van der Waals surface area contributed by atoms with Gasteiger partial charge in [-0.3, -0.25) is 0 Å². The van der Waals surface area contributed by atoms with Crippen LogP contribution in [0.1, 0.15) is 23.6 Å². The fourth-order valence-corrected chi connectivity index (χ4v) is 4.96. The molecule has 1 aliphatic heterocycles. The summed E-state index contributed by atoms with van der Waals surface area (Å²) in [5, 5.41) is 23.2. The van der Waals surface area contributed by atoms with Crippen molar-refractivity contribution in [3.05, 3.63) is 90.0 Å².